The van der Waals surface area contributed by atoms with E-state index in [1.165, 1.54) is 11.3 Å². The second kappa shape index (κ2) is 8.54. The average molecular weight is 346 g/mol. The molecule has 24 heavy (non-hydrogen) atoms. The van der Waals surface area contributed by atoms with Crippen LogP contribution in [0.4, 0.5) is 5.13 Å². The molecule has 0 bridgehead atoms. The molecule has 0 aliphatic rings. The summed E-state index contributed by atoms with van der Waals surface area (Å²) in [6.45, 7) is 5.95. The molecule has 0 aliphatic carbocycles. The maximum absolute atomic E-state index is 12.6. The lowest BCUT2D eigenvalue weighted by Crippen LogP contribution is -2.36. The predicted octanol–water partition coefficient (Wildman–Crippen LogP) is 2.94. The van der Waals surface area contributed by atoms with Crippen LogP contribution >= 0.6 is 11.3 Å². The van der Waals surface area contributed by atoms with Gasteiger partial charge in [-0.25, -0.2) is 0 Å². The summed E-state index contributed by atoms with van der Waals surface area (Å²) in [6.07, 6.45) is 1.14. The topological polar surface area (TPSA) is 84.0 Å². The summed E-state index contributed by atoms with van der Waals surface area (Å²) < 4.78 is 0. The molecule has 0 saturated heterocycles. The van der Waals surface area contributed by atoms with Gasteiger partial charge in [0.05, 0.1) is 0 Å². The van der Waals surface area contributed by atoms with Gasteiger partial charge in [-0.05, 0) is 11.5 Å². The van der Waals surface area contributed by atoms with E-state index < -0.39 is 6.04 Å². The Balaban J connectivity index is 2.12. The molecule has 0 radical (unpaired) electrons. The maximum Gasteiger partial charge on any atom is 0.253 e. The van der Waals surface area contributed by atoms with Crippen LogP contribution in [0.15, 0.2) is 30.3 Å². The second-order valence-electron chi connectivity index (χ2n) is 5.85. The molecule has 1 aromatic carbocycles. The van der Waals surface area contributed by atoms with E-state index in [2.05, 4.69) is 34.7 Å². The molecule has 1 heterocycles. The largest absolute Gasteiger partial charge is 0.341 e. The Hall–Kier alpha value is -2.28. The molecular weight excluding hydrogens is 324 g/mol. The lowest BCUT2D eigenvalue weighted by atomic mass is 10.1. The second-order valence-corrected chi connectivity index (χ2v) is 6.92. The van der Waals surface area contributed by atoms with Crippen LogP contribution in [0, 0.1) is 5.92 Å². The summed E-state index contributed by atoms with van der Waals surface area (Å²) >= 11 is 1.36. The van der Waals surface area contributed by atoms with Gasteiger partial charge in [0.2, 0.25) is 11.0 Å². The molecule has 1 aromatic heterocycles. The van der Waals surface area contributed by atoms with E-state index in [1.54, 1.807) is 6.92 Å². The van der Waals surface area contributed by atoms with Crippen LogP contribution < -0.4 is 10.6 Å². The van der Waals surface area contributed by atoms with Crippen LogP contribution in [0.25, 0.3) is 0 Å². The first-order valence-corrected chi connectivity index (χ1v) is 8.78. The van der Waals surface area contributed by atoms with Gasteiger partial charge in [-0.1, -0.05) is 62.4 Å². The van der Waals surface area contributed by atoms with Gasteiger partial charge in [0.1, 0.15) is 11.0 Å². The van der Waals surface area contributed by atoms with Gasteiger partial charge in [-0.15, -0.1) is 10.2 Å². The fourth-order valence-electron chi connectivity index (χ4n) is 2.12. The molecule has 2 aromatic rings. The first kappa shape index (κ1) is 18.1. The normalized spacial score (nSPS) is 12.0. The number of hydrogen-bond donors (Lipinski definition) is 2. The van der Waals surface area contributed by atoms with E-state index in [0.717, 1.165) is 17.0 Å². The van der Waals surface area contributed by atoms with Crippen molar-refractivity contribution in [3.63, 3.8) is 0 Å². The Morgan fingerprint density at radius 3 is 2.50 bits per heavy atom. The van der Waals surface area contributed by atoms with Gasteiger partial charge in [0.15, 0.2) is 0 Å². The van der Waals surface area contributed by atoms with E-state index in [1.807, 2.05) is 30.3 Å². The van der Waals surface area contributed by atoms with Crippen molar-refractivity contribution >= 4 is 28.3 Å². The molecule has 0 aliphatic heterocycles. The number of nitrogens with zero attached hydrogens (tertiary/aromatic N) is 2. The van der Waals surface area contributed by atoms with E-state index >= 15 is 0 Å². The lowest BCUT2D eigenvalue weighted by molar-refractivity contribution is -0.126. The van der Waals surface area contributed by atoms with Crippen molar-refractivity contribution in [3.8, 4) is 0 Å². The van der Waals surface area contributed by atoms with Gasteiger partial charge in [-0.2, -0.15) is 0 Å². The van der Waals surface area contributed by atoms with Crippen LogP contribution in [-0.4, -0.2) is 22.0 Å². The fraction of sp³-hybridized carbons (Fsp3) is 0.412. The number of rotatable bonds is 7. The summed E-state index contributed by atoms with van der Waals surface area (Å²) in [7, 11) is 0. The lowest BCUT2D eigenvalue weighted by Gasteiger charge is -2.17. The van der Waals surface area contributed by atoms with Crippen molar-refractivity contribution in [1.29, 1.82) is 0 Å². The highest BCUT2D eigenvalue weighted by molar-refractivity contribution is 7.15. The van der Waals surface area contributed by atoms with Crippen molar-refractivity contribution in [3.05, 3.63) is 40.9 Å². The number of carbonyl (C=O) groups excluding carboxylic acids is 2. The summed E-state index contributed by atoms with van der Waals surface area (Å²) in [6, 6.07) is 8.40. The molecule has 1 atom stereocenters. The molecule has 2 amide bonds. The number of benzene rings is 1. The van der Waals surface area contributed by atoms with Crippen molar-refractivity contribution in [2.75, 3.05) is 5.32 Å². The fourth-order valence-corrected chi connectivity index (χ4v) is 3.08. The van der Waals surface area contributed by atoms with Crippen LogP contribution in [0.3, 0.4) is 0 Å². The van der Waals surface area contributed by atoms with Crippen LogP contribution in [0.5, 0.6) is 0 Å². The number of carbonyl (C=O) groups is 2. The SMILES string of the molecule is CCC(=O)N[C@@H](C(=O)Nc1nnc(CC(C)C)s1)c1ccccc1. The van der Waals surface area contributed by atoms with Gasteiger partial charge in [-0.3, -0.25) is 14.9 Å². The maximum atomic E-state index is 12.6. The van der Waals surface area contributed by atoms with Gasteiger partial charge in [0, 0.05) is 12.8 Å². The Morgan fingerprint density at radius 2 is 1.88 bits per heavy atom. The van der Waals surface area contributed by atoms with E-state index in [4.69, 9.17) is 0 Å². The van der Waals surface area contributed by atoms with Crippen LogP contribution in [-0.2, 0) is 16.0 Å². The Bertz CT molecular complexity index is 685. The average Bonchev–Trinajstić information content (AvgIpc) is 2.99. The van der Waals surface area contributed by atoms with E-state index in [0.29, 0.717) is 17.5 Å². The molecule has 0 fully saturated rings. The highest BCUT2D eigenvalue weighted by atomic mass is 32.1. The van der Waals surface area contributed by atoms with Crippen molar-refractivity contribution in [2.45, 2.75) is 39.7 Å². The molecule has 7 heteroatoms. The minimum absolute atomic E-state index is 0.184. The summed E-state index contributed by atoms with van der Waals surface area (Å²) in [5.41, 5.74) is 0.726. The smallest absolute Gasteiger partial charge is 0.253 e. The third-order valence-electron chi connectivity index (χ3n) is 3.30. The standard InChI is InChI=1S/C17H22N4O2S/c1-4-13(22)18-15(12-8-6-5-7-9-12)16(23)19-17-21-20-14(24-17)10-11(2)3/h5-9,11,15H,4,10H2,1-3H3,(H,18,22)(H,19,21,23)/t15-/m1/s1. The molecular formula is C17H22N4O2S. The number of aromatic nitrogens is 2. The predicted molar refractivity (Wildman–Crippen MR) is 94.7 cm³/mol. The number of anilines is 1. The first-order valence-electron chi connectivity index (χ1n) is 7.97. The van der Waals surface area contributed by atoms with Crippen molar-refractivity contribution in [2.24, 2.45) is 5.92 Å². The van der Waals surface area contributed by atoms with E-state index in [-0.39, 0.29) is 11.8 Å². The molecule has 0 saturated carbocycles. The highest BCUT2D eigenvalue weighted by Crippen LogP contribution is 2.21. The third kappa shape index (κ3) is 5.13. The van der Waals surface area contributed by atoms with Crippen molar-refractivity contribution in [1.82, 2.24) is 15.5 Å². The molecule has 6 nitrogen and oxygen atoms in total. The number of nitrogens with one attached hydrogen (secondary N) is 2. The molecule has 128 valence electrons. The zero-order valence-electron chi connectivity index (χ0n) is 14.1. The monoisotopic (exact) mass is 346 g/mol. The Labute approximate surface area is 145 Å². The van der Waals surface area contributed by atoms with Crippen molar-refractivity contribution < 1.29 is 9.59 Å². The number of amides is 2. The minimum atomic E-state index is -0.754. The summed E-state index contributed by atoms with van der Waals surface area (Å²) in [5, 5.41) is 14.9. The van der Waals surface area contributed by atoms with Gasteiger partial charge in [0.25, 0.3) is 5.91 Å². The Morgan fingerprint density at radius 1 is 1.17 bits per heavy atom. The van der Waals surface area contributed by atoms with Gasteiger partial charge < -0.3 is 5.32 Å². The highest BCUT2D eigenvalue weighted by Gasteiger charge is 2.23. The number of hydrogen-bond acceptors (Lipinski definition) is 5. The van der Waals surface area contributed by atoms with Crippen LogP contribution in [0.2, 0.25) is 0 Å². The summed E-state index contributed by atoms with van der Waals surface area (Å²) in [4.78, 5) is 24.4. The molecule has 0 unspecified atom stereocenters. The molecule has 2 N–H and O–H groups in total. The van der Waals surface area contributed by atoms with Gasteiger partial charge >= 0.3 is 0 Å². The third-order valence-corrected chi connectivity index (χ3v) is 4.16. The quantitative estimate of drug-likeness (QED) is 0.807. The molecule has 2 rings (SSSR count). The minimum Gasteiger partial charge on any atom is -0.341 e. The van der Waals surface area contributed by atoms with Crippen LogP contribution in [0.1, 0.15) is 43.8 Å². The zero-order valence-corrected chi connectivity index (χ0v) is 14.9. The first-order chi connectivity index (χ1) is 11.5. The summed E-state index contributed by atoms with van der Waals surface area (Å²) in [5.74, 6) is -0.0329. The molecule has 0 spiro atoms. The van der Waals surface area contributed by atoms with E-state index in [9.17, 15) is 9.59 Å². The Kier molecular flexibility index (Phi) is 6.43. The zero-order chi connectivity index (χ0) is 17.5.